The lowest BCUT2D eigenvalue weighted by molar-refractivity contribution is 0.575. The zero-order valence-corrected chi connectivity index (χ0v) is 21.6. The van der Waals surface area contributed by atoms with Crippen LogP contribution in [0, 0.1) is 16.7 Å². The molecule has 0 saturated heterocycles. The lowest BCUT2D eigenvalue weighted by Crippen LogP contribution is -2.11. The van der Waals surface area contributed by atoms with Crippen LogP contribution in [-0.2, 0) is 0 Å². The zero-order chi connectivity index (χ0) is 26.4. The Morgan fingerprint density at radius 2 is 1.41 bits per heavy atom. The number of fused-ring (bicyclic) bond motifs is 3. The van der Waals surface area contributed by atoms with E-state index in [1.54, 1.807) is 0 Å². The molecule has 39 heavy (non-hydrogen) atoms. The van der Waals surface area contributed by atoms with Crippen molar-refractivity contribution in [2.75, 3.05) is 0 Å². The number of nitriles is 1. The van der Waals surface area contributed by atoms with Gasteiger partial charge in [-0.15, -0.1) is 0 Å². The minimum Gasteiger partial charge on any atom is -0.236 e. The lowest BCUT2D eigenvalue weighted by Gasteiger charge is -2.20. The monoisotopic (exact) mass is 499 g/mol. The zero-order valence-electron chi connectivity index (χ0n) is 21.6. The number of rotatable bonds is 3. The first-order valence-corrected chi connectivity index (χ1v) is 13.2. The van der Waals surface area contributed by atoms with Crippen LogP contribution in [0.2, 0.25) is 0 Å². The summed E-state index contributed by atoms with van der Waals surface area (Å²) in [6, 6.07) is 36.6. The predicted octanol–water partition coefficient (Wildman–Crippen LogP) is 9.14. The molecule has 0 aliphatic heterocycles. The Morgan fingerprint density at radius 1 is 0.718 bits per heavy atom. The van der Waals surface area contributed by atoms with Gasteiger partial charge in [-0.3, -0.25) is 0 Å². The molecule has 3 nitrogen and oxygen atoms in total. The maximum atomic E-state index is 9.47. The van der Waals surface area contributed by atoms with Gasteiger partial charge in [-0.1, -0.05) is 85.0 Å². The fraction of sp³-hybridized carbons (Fsp3) is 0.0833. The summed E-state index contributed by atoms with van der Waals surface area (Å²) in [7, 11) is 0. The van der Waals surface area contributed by atoms with Crippen molar-refractivity contribution in [2.24, 2.45) is 5.41 Å². The van der Waals surface area contributed by atoms with Gasteiger partial charge >= 0.3 is 0 Å². The standard InChI is InChI=1S/C36H25N3/c1-36(23-37)16-14-25(15-17-36)28-12-10-24-11-13-29(19-31(24)18-28)32-20-26-6-2-3-7-27(26)21-33(32)35-38-22-30-8-4-5-9-34(30)39-35/h2-16,18-22H,17H2,1H3. The van der Waals surface area contributed by atoms with E-state index >= 15 is 0 Å². The van der Waals surface area contributed by atoms with Gasteiger partial charge in [0, 0.05) is 17.1 Å². The maximum absolute atomic E-state index is 9.47. The molecule has 6 aromatic rings. The molecular formula is C36H25N3. The van der Waals surface area contributed by atoms with Crippen LogP contribution >= 0.6 is 0 Å². The van der Waals surface area contributed by atoms with E-state index in [1.165, 1.54) is 16.2 Å². The Balaban J connectivity index is 1.38. The topological polar surface area (TPSA) is 49.6 Å². The first-order valence-electron chi connectivity index (χ1n) is 13.2. The van der Waals surface area contributed by atoms with Gasteiger partial charge < -0.3 is 0 Å². The second kappa shape index (κ2) is 9.04. The molecule has 1 aliphatic rings. The van der Waals surface area contributed by atoms with Gasteiger partial charge in [0.2, 0.25) is 0 Å². The second-order valence-corrected chi connectivity index (χ2v) is 10.5. The fourth-order valence-electron chi connectivity index (χ4n) is 5.39. The van der Waals surface area contributed by atoms with E-state index in [-0.39, 0.29) is 0 Å². The fourth-order valence-corrected chi connectivity index (χ4v) is 5.39. The Labute approximate surface area is 227 Å². The molecular weight excluding hydrogens is 474 g/mol. The Bertz CT molecular complexity index is 2030. The minimum absolute atomic E-state index is 0.426. The van der Waals surface area contributed by atoms with Gasteiger partial charge in [0.25, 0.3) is 0 Å². The van der Waals surface area contributed by atoms with Crippen molar-refractivity contribution >= 4 is 38.0 Å². The van der Waals surface area contributed by atoms with Crippen LogP contribution in [0.15, 0.2) is 121 Å². The SMILES string of the molecule is CC1(C#N)C=CC(c2ccc3ccc(-c4cc5ccccc5cc4-c4ncc5ccccc5n4)cc3c2)=CC1. The van der Waals surface area contributed by atoms with Crippen LogP contribution < -0.4 is 0 Å². The number of allylic oxidation sites excluding steroid dienone is 4. The first kappa shape index (κ1) is 23.1. The number of aromatic nitrogens is 2. The molecule has 0 amide bonds. The van der Waals surface area contributed by atoms with Crippen LogP contribution in [0.25, 0.3) is 60.5 Å². The van der Waals surface area contributed by atoms with Gasteiger partial charge in [0.05, 0.1) is 17.0 Å². The highest BCUT2D eigenvalue weighted by Crippen LogP contribution is 2.37. The number of para-hydroxylation sites is 1. The molecule has 0 fully saturated rings. The number of nitrogens with zero attached hydrogens (tertiary/aromatic N) is 3. The Morgan fingerprint density at radius 3 is 2.15 bits per heavy atom. The highest BCUT2D eigenvalue weighted by atomic mass is 14.9. The quantitative estimate of drug-likeness (QED) is 0.244. The first-order chi connectivity index (χ1) is 19.1. The van der Waals surface area contributed by atoms with Crippen LogP contribution in [0.3, 0.4) is 0 Å². The molecule has 1 unspecified atom stereocenters. The Hall–Kier alpha value is -5.07. The summed E-state index contributed by atoms with van der Waals surface area (Å²) in [6.45, 7) is 1.98. The molecule has 3 heteroatoms. The van der Waals surface area contributed by atoms with E-state index in [2.05, 4.69) is 91.0 Å². The molecule has 0 spiro atoms. The summed E-state index contributed by atoms with van der Waals surface area (Å²) in [6.07, 6.45) is 8.91. The third-order valence-corrected chi connectivity index (χ3v) is 7.73. The molecule has 0 saturated carbocycles. The minimum atomic E-state index is -0.426. The van der Waals surface area contributed by atoms with E-state index < -0.39 is 5.41 Å². The van der Waals surface area contributed by atoms with Gasteiger partial charge in [0.15, 0.2) is 5.82 Å². The van der Waals surface area contributed by atoms with Gasteiger partial charge in [-0.05, 0) is 87.5 Å². The molecule has 7 rings (SSSR count). The second-order valence-electron chi connectivity index (χ2n) is 10.5. The van der Waals surface area contributed by atoms with Gasteiger partial charge in [-0.2, -0.15) is 5.26 Å². The van der Waals surface area contributed by atoms with E-state index in [1.807, 2.05) is 43.5 Å². The Kier molecular flexibility index (Phi) is 5.35. The maximum Gasteiger partial charge on any atom is 0.160 e. The summed E-state index contributed by atoms with van der Waals surface area (Å²) in [5.41, 5.74) is 6.08. The third kappa shape index (κ3) is 4.17. The highest BCUT2D eigenvalue weighted by molar-refractivity contribution is 5.98. The summed E-state index contributed by atoms with van der Waals surface area (Å²) in [4.78, 5) is 9.72. The summed E-state index contributed by atoms with van der Waals surface area (Å²) >= 11 is 0. The average Bonchev–Trinajstić information content (AvgIpc) is 3.00. The van der Waals surface area contributed by atoms with Crippen molar-refractivity contribution in [1.82, 2.24) is 9.97 Å². The molecule has 184 valence electrons. The largest absolute Gasteiger partial charge is 0.236 e. The van der Waals surface area contributed by atoms with E-state index in [0.29, 0.717) is 0 Å². The van der Waals surface area contributed by atoms with Crippen molar-refractivity contribution in [1.29, 1.82) is 5.26 Å². The van der Waals surface area contributed by atoms with Crippen LogP contribution in [0.1, 0.15) is 18.9 Å². The average molecular weight is 500 g/mol. The highest BCUT2D eigenvalue weighted by Gasteiger charge is 2.22. The van der Waals surface area contributed by atoms with E-state index in [4.69, 9.17) is 9.97 Å². The molecule has 1 aliphatic carbocycles. The van der Waals surface area contributed by atoms with E-state index in [9.17, 15) is 5.26 Å². The number of hydrogen-bond donors (Lipinski definition) is 0. The van der Waals surface area contributed by atoms with Crippen LogP contribution in [0.4, 0.5) is 0 Å². The molecule has 1 heterocycles. The molecule has 0 bridgehead atoms. The van der Waals surface area contributed by atoms with Crippen LogP contribution in [-0.4, -0.2) is 9.97 Å². The summed E-state index contributed by atoms with van der Waals surface area (Å²) in [5.74, 6) is 0.723. The van der Waals surface area contributed by atoms with Crippen molar-refractivity contribution < 1.29 is 0 Å². The predicted molar refractivity (Wildman–Crippen MR) is 161 cm³/mol. The van der Waals surface area contributed by atoms with Crippen molar-refractivity contribution in [3.8, 4) is 28.6 Å². The number of benzene rings is 5. The summed E-state index contributed by atoms with van der Waals surface area (Å²) < 4.78 is 0. The number of hydrogen-bond acceptors (Lipinski definition) is 3. The molecule has 0 radical (unpaired) electrons. The third-order valence-electron chi connectivity index (χ3n) is 7.73. The molecule has 0 N–H and O–H groups in total. The smallest absolute Gasteiger partial charge is 0.160 e. The van der Waals surface area contributed by atoms with Gasteiger partial charge in [-0.25, -0.2) is 9.97 Å². The normalized spacial score (nSPS) is 16.9. The molecule has 1 atom stereocenters. The van der Waals surface area contributed by atoms with Gasteiger partial charge in [0.1, 0.15) is 0 Å². The van der Waals surface area contributed by atoms with Crippen molar-refractivity contribution in [3.63, 3.8) is 0 Å². The van der Waals surface area contributed by atoms with Crippen molar-refractivity contribution in [3.05, 3.63) is 127 Å². The summed E-state index contributed by atoms with van der Waals surface area (Å²) in [5, 5.41) is 15.2. The van der Waals surface area contributed by atoms with E-state index in [0.717, 1.165) is 56.4 Å². The van der Waals surface area contributed by atoms with Crippen molar-refractivity contribution in [2.45, 2.75) is 13.3 Å². The van der Waals surface area contributed by atoms with Crippen LogP contribution in [0.5, 0.6) is 0 Å². The molecule has 5 aromatic carbocycles. The molecule has 1 aromatic heterocycles. The lowest BCUT2D eigenvalue weighted by atomic mass is 9.82.